The fourth-order valence-electron chi connectivity index (χ4n) is 2.80. The average Bonchev–Trinajstić information content (AvgIpc) is 2.41. The smallest absolute Gasteiger partial charge is 0.251 e. The molecule has 2 nitrogen and oxygen atoms in total. The van der Waals surface area contributed by atoms with Crippen LogP contribution in [0.15, 0.2) is 24.3 Å². The minimum atomic E-state index is 0.0778. The summed E-state index contributed by atoms with van der Waals surface area (Å²) in [6.07, 6.45) is 4.90. The van der Waals surface area contributed by atoms with Crippen molar-refractivity contribution < 1.29 is 4.79 Å². The minimum Gasteiger partial charge on any atom is -0.349 e. The molecule has 1 saturated carbocycles. The van der Waals surface area contributed by atoms with Gasteiger partial charge in [-0.25, -0.2) is 0 Å². The molecule has 0 bridgehead atoms. The summed E-state index contributed by atoms with van der Waals surface area (Å²) in [6.45, 7) is 6.57. The fraction of sp³-hybridized carbons (Fsp3) is 0.588. The van der Waals surface area contributed by atoms with Gasteiger partial charge in [0.1, 0.15) is 0 Å². The van der Waals surface area contributed by atoms with Crippen molar-refractivity contribution in [1.29, 1.82) is 0 Å². The fourth-order valence-corrected chi connectivity index (χ4v) is 2.80. The van der Waals surface area contributed by atoms with E-state index in [4.69, 9.17) is 0 Å². The zero-order chi connectivity index (χ0) is 13.8. The Morgan fingerprint density at radius 2 is 1.79 bits per heavy atom. The van der Waals surface area contributed by atoms with Gasteiger partial charge in [0, 0.05) is 11.6 Å². The molecular weight excluding hydrogens is 234 g/mol. The van der Waals surface area contributed by atoms with Gasteiger partial charge in [-0.15, -0.1) is 0 Å². The number of benzene rings is 1. The first-order valence-corrected chi connectivity index (χ1v) is 7.48. The molecule has 0 heterocycles. The van der Waals surface area contributed by atoms with Gasteiger partial charge in [0.05, 0.1) is 0 Å². The second-order valence-corrected chi connectivity index (χ2v) is 6.12. The summed E-state index contributed by atoms with van der Waals surface area (Å²) in [6, 6.07) is 8.36. The molecule has 19 heavy (non-hydrogen) atoms. The monoisotopic (exact) mass is 259 g/mol. The van der Waals surface area contributed by atoms with Gasteiger partial charge < -0.3 is 5.32 Å². The topological polar surface area (TPSA) is 29.1 Å². The van der Waals surface area contributed by atoms with Crippen LogP contribution in [0.1, 0.15) is 68.3 Å². The largest absolute Gasteiger partial charge is 0.349 e. The molecule has 2 heteroatoms. The van der Waals surface area contributed by atoms with Crippen LogP contribution >= 0.6 is 0 Å². The van der Waals surface area contributed by atoms with Crippen LogP contribution in [0.3, 0.4) is 0 Å². The molecular formula is C17H25NO. The highest BCUT2D eigenvalue weighted by atomic mass is 16.1. The summed E-state index contributed by atoms with van der Waals surface area (Å²) in [5.41, 5.74) is 2.06. The number of hydrogen-bond acceptors (Lipinski definition) is 1. The third kappa shape index (κ3) is 3.59. The van der Waals surface area contributed by atoms with Gasteiger partial charge in [-0.3, -0.25) is 4.79 Å². The molecule has 1 aliphatic rings. The Kier molecular flexibility index (Phi) is 4.62. The van der Waals surface area contributed by atoms with Gasteiger partial charge >= 0.3 is 0 Å². The van der Waals surface area contributed by atoms with Crippen molar-refractivity contribution in [2.24, 2.45) is 5.92 Å². The summed E-state index contributed by atoms with van der Waals surface area (Å²) in [5, 5.41) is 3.19. The molecule has 0 saturated heterocycles. The molecule has 0 aromatic heterocycles. The van der Waals surface area contributed by atoms with Gasteiger partial charge in [-0.1, -0.05) is 45.7 Å². The molecule has 1 aliphatic carbocycles. The second kappa shape index (κ2) is 6.23. The number of carbonyl (C=O) groups is 1. The van der Waals surface area contributed by atoms with Gasteiger partial charge in [-0.05, 0) is 42.4 Å². The maximum atomic E-state index is 12.2. The molecule has 1 N–H and O–H groups in total. The van der Waals surface area contributed by atoms with Crippen LogP contribution in [0.5, 0.6) is 0 Å². The van der Waals surface area contributed by atoms with Gasteiger partial charge in [0.25, 0.3) is 5.91 Å². The minimum absolute atomic E-state index is 0.0778. The highest BCUT2D eigenvalue weighted by Gasteiger charge is 2.23. The van der Waals surface area contributed by atoms with Gasteiger partial charge in [-0.2, -0.15) is 0 Å². The maximum Gasteiger partial charge on any atom is 0.251 e. The Labute approximate surface area is 116 Å². The molecule has 0 radical (unpaired) electrons. The molecule has 2 atom stereocenters. The molecule has 0 unspecified atom stereocenters. The summed E-state index contributed by atoms with van der Waals surface area (Å²) < 4.78 is 0. The molecule has 1 amide bonds. The van der Waals surface area contributed by atoms with Crippen molar-refractivity contribution in [3.8, 4) is 0 Å². The summed E-state index contributed by atoms with van der Waals surface area (Å²) in [5.74, 6) is 1.19. The van der Waals surface area contributed by atoms with Crippen molar-refractivity contribution in [2.75, 3.05) is 0 Å². The van der Waals surface area contributed by atoms with Crippen LogP contribution in [0.2, 0.25) is 0 Å². The van der Waals surface area contributed by atoms with Crippen LogP contribution in [-0.4, -0.2) is 11.9 Å². The lowest BCUT2D eigenvalue weighted by Crippen LogP contribution is -2.41. The van der Waals surface area contributed by atoms with E-state index < -0.39 is 0 Å². The van der Waals surface area contributed by atoms with Crippen LogP contribution in [-0.2, 0) is 0 Å². The van der Waals surface area contributed by atoms with Crippen molar-refractivity contribution in [3.63, 3.8) is 0 Å². The Morgan fingerprint density at radius 1 is 1.16 bits per heavy atom. The lowest BCUT2D eigenvalue weighted by atomic mass is 9.86. The number of hydrogen-bond donors (Lipinski definition) is 1. The molecule has 1 fully saturated rings. The van der Waals surface area contributed by atoms with Crippen molar-refractivity contribution >= 4 is 5.91 Å². The number of amides is 1. The van der Waals surface area contributed by atoms with Crippen molar-refractivity contribution in [2.45, 2.75) is 58.4 Å². The molecule has 104 valence electrons. The normalized spacial score (nSPS) is 23.4. The quantitative estimate of drug-likeness (QED) is 0.869. The van der Waals surface area contributed by atoms with E-state index in [1.807, 2.05) is 12.1 Å². The summed E-state index contributed by atoms with van der Waals surface area (Å²) in [4.78, 5) is 12.2. The SMILES string of the molecule is CC(C)c1ccc(C(=O)N[C@@H]2CCCC[C@@H]2C)cc1. The second-order valence-electron chi connectivity index (χ2n) is 6.12. The van der Waals surface area contributed by atoms with E-state index in [2.05, 4.69) is 38.2 Å². The van der Waals surface area contributed by atoms with E-state index >= 15 is 0 Å². The molecule has 0 spiro atoms. The first-order valence-electron chi connectivity index (χ1n) is 7.48. The van der Waals surface area contributed by atoms with Crippen LogP contribution in [0, 0.1) is 5.92 Å². The van der Waals surface area contributed by atoms with Gasteiger partial charge in [0.15, 0.2) is 0 Å². The van der Waals surface area contributed by atoms with Crippen LogP contribution < -0.4 is 5.32 Å². The van der Waals surface area contributed by atoms with E-state index in [9.17, 15) is 4.79 Å². The molecule has 2 rings (SSSR count). The van der Waals surface area contributed by atoms with Crippen molar-refractivity contribution in [1.82, 2.24) is 5.32 Å². The highest BCUT2D eigenvalue weighted by Crippen LogP contribution is 2.24. The predicted octanol–water partition coefficient (Wildman–Crippen LogP) is 4.12. The predicted molar refractivity (Wildman–Crippen MR) is 79.4 cm³/mol. The third-order valence-corrected chi connectivity index (χ3v) is 4.27. The number of nitrogens with one attached hydrogen (secondary N) is 1. The first-order chi connectivity index (χ1) is 9.08. The third-order valence-electron chi connectivity index (χ3n) is 4.27. The average molecular weight is 259 g/mol. The Balaban J connectivity index is 1.99. The molecule has 0 aliphatic heterocycles. The highest BCUT2D eigenvalue weighted by molar-refractivity contribution is 5.94. The summed E-state index contributed by atoms with van der Waals surface area (Å²) in [7, 11) is 0. The zero-order valence-corrected chi connectivity index (χ0v) is 12.3. The lowest BCUT2D eigenvalue weighted by Gasteiger charge is -2.29. The van der Waals surface area contributed by atoms with E-state index in [-0.39, 0.29) is 5.91 Å². The van der Waals surface area contributed by atoms with E-state index in [1.165, 1.54) is 24.8 Å². The van der Waals surface area contributed by atoms with E-state index in [0.29, 0.717) is 17.9 Å². The molecule has 1 aromatic carbocycles. The summed E-state index contributed by atoms with van der Waals surface area (Å²) >= 11 is 0. The van der Waals surface area contributed by atoms with Crippen LogP contribution in [0.4, 0.5) is 0 Å². The maximum absolute atomic E-state index is 12.2. The number of rotatable bonds is 3. The van der Waals surface area contributed by atoms with E-state index in [1.54, 1.807) is 0 Å². The standard InChI is InChI=1S/C17H25NO/c1-12(2)14-8-10-15(11-9-14)17(19)18-16-7-5-4-6-13(16)3/h8-13,16H,4-7H2,1-3H3,(H,18,19)/t13-,16+/m0/s1. The van der Waals surface area contributed by atoms with Crippen molar-refractivity contribution in [3.05, 3.63) is 35.4 Å². The Bertz CT molecular complexity index is 421. The van der Waals surface area contributed by atoms with Crippen LogP contribution in [0.25, 0.3) is 0 Å². The Hall–Kier alpha value is -1.31. The Morgan fingerprint density at radius 3 is 2.37 bits per heavy atom. The lowest BCUT2D eigenvalue weighted by molar-refractivity contribution is 0.0910. The van der Waals surface area contributed by atoms with Gasteiger partial charge in [0.2, 0.25) is 0 Å². The molecule has 1 aromatic rings. The number of carbonyl (C=O) groups excluding carboxylic acids is 1. The van der Waals surface area contributed by atoms with E-state index in [0.717, 1.165) is 12.0 Å². The first kappa shape index (κ1) is 14.1. The zero-order valence-electron chi connectivity index (χ0n) is 12.3.